The maximum absolute atomic E-state index is 13.9. The minimum absolute atomic E-state index is 0.0303. The van der Waals surface area contributed by atoms with E-state index in [0.29, 0.717) is 18.6 Å². The molecule has 550 valence electrons. The molecule has 0 aliphatic carbocycles. The number of benzene rings is 1. The second kappa shape index (κ2) is 37.0. The van der Waals surface area contributed by atoms with Gasteiger partial charge in [-0.05, 0) is 38.0 Å². The predicted octanol–water partition coefficient (Wildman–Crippen LogP) is -8.32. The third-order valence-electron chi connectivity index (χ3n) is 17.1. The lowest BCUT2D eigenvalue weighted by molar-refractivity contribution is -0.368. The molecule has 36 nitrogen and oxygen atoms in total. The number of carbonyl (C=O) groups excluding carboxylic acids is 5. The van der Waals surface area contributed by atoms with Crippen LogP contribution in [-0.4, -0.2) is 325 Å². The van der Waals surface area contributed by atoms with Crippen LogP contribution in [0.25, 0.3) is 0 Å². The summed E-state index contributed by atoms with van der Waals surface area (Å²) < 4.78 is 71.8. The van der Waals surface area contributed by atoms with E-state index in [1.165, 1.54) is 19.1 Å². The third-order valence-corrected chi connectivity index (χ3v) is 17.1. The first-order valence-electron chi connectivity index (χ1n) is 32.1. The summed E-state index contributed by atoms with van der Waals surface area (Å²) in [5.41, 5.74) is 0.0303. The molecule has 7 rings (SSSR count). The molecule has 1 aromatic rings. The highest BCUT2D eigenvalue weighted by Gasteiger charge is 2.58. The maximum Gasteiger partial charge on any atom is 0.251 e. The zero-order valence-electron chi connectivity index (χ0n) is 54.3. The van der Waals surface area contributed by atoms with Gasteiger partial charge in [-0.1, -0.05) is 25.8 Å². The molecule has 6 saturated heterocycles. The first kappa shape index (κ1) is 79.3. The summed E-state index contributed by atoms with van der Waals surface area (Å²) in [6.45, 7) is 3.17. The Morgan fingerprint density at radius 1 is 0.454 bits per heavy atom. The van der Waals surface area contributed by atoms with Gasteiger partial charge in [0.25, 0.3) is 5.91 Å². The van der Waals surface area contributed by atoms with Crippen molar-refractivity contribution in [2.75, 3.05) is 39.6 Å². The van der Waals surface area contributed by atoms with E-state index in [1.54, 1.807) is 12.1 Å². The summed E-state index contributed by atoms with van der Waals surface area (Å²) in [5, 5.41) is 168. The largest absolute Gasteiger partial charge is 0.494 e. The highest BCUT2D eigenvalue weighted by atomic mass is 16.8. The number of unbranched alkanes of at least 4 members (excludes halogenated alkanes) is 4. The van der Waals surface area contributed by atoms with Gasteiger partial charge in [0.1, 0.15) is 146 Å². The number of nitrogens with one attached hydrogen (secondary N) is 5. The molecule has 5 amide bonds. The minimum atomic E-state index is -2.08. The van der Waals surface area contributed by atoms with Crippen LogP contribution in [0.15, 0.2) is 24.3 Å². The van der Waals surface area contributed by atoms with Crippen LogP contribution in [0.2, 0.25) is 0 Å². The Morgan fingerprint density at radius 3 is 1.33 bits per heavy atom. The number of aliphatic hydroxyl groups excluding tert-OH is 14. The van der Waals surface area contributed by atoms with Gasteiger partial charge in [-0.25, -0.2) is 0 Å². The molecule has 0 radical (unpaired) electrons. The fourth-order valence-corrected chi connectivity index (χ4v) is 12.1. The van der Waals surface area contributed by atoms with Gasteiger partial charge in [0.15, 0.2) is 37.7 Å². The zero-order valence-corrected chi connectivity index (χ0v) is 54.3. The topological polar surface area (TPSA) is 539 Å². The van der Waals surface area contributed by atoms with E-state index in [4.69, 9.17) is 56.8 Å². The van der Waals surface area contributed by atoms with Crippen molar-refractivity contribution >= 4 is 29.5 Å². The Balaban J connectivity index is 1.08. The van der Waals surface area contributed by atoms with Crippen molar-refractivity contribution in [1.29, 1.82) is 0 Å². The minimum Gasteiger partial charge on any atom is -0.494 e. The van der Waals surface area contributed by atoms with E-state index < -0.39 is 246 Å². The Hall–Kier alpha value is -5.07. The number of amides is 5. The lowest BCUT2D eigenvalue weighted by Gasteiger charge is -2.51. The molecule has 1 aromatic carbocycles. The molecular formula is C61H95N5O31. The second-order valence-corrected chi connectivity index (χ2v) is 24.5. The zero-order chi connectivity index (χ0) is 71.1. The lowest BCUT2D eigenvalue weighted by Crippen LogP contribution is -2.72. The quantitative estimate of drug-likeness (QED) is 0.0274. The van der Waals surface area contributed by atoms with E-state index >= 15 is 0 Å². The monoisotopic (exact) mass is 1390 g/mol. The van der Waals surface area contributed by atoms with Crippen LogP contribution in [0.1, 0.15) is 90.4 Å². The van der Waals surface area contributed by atoms with Crippen LogP contribution < -0.4 is 31.3 Å². The molecular weight excluding hydrogens is 1300 g/mol. The molecule has 0 aromatic heterocycles. The SMILES string of the molecule is CCCCCC#CCCCOc1cccc(C(=O)N[C@@H]2C(O[C@H]3C(O)C(NC(C)=O)C(OC4C(CO)OC(O[C@H]5C(O)C(NC(C)=O)C(OC6C(CO[C@@H]7OC(C)C(O)[C@H](O)[C@H]7O)O[C@@H](O)[C@@H](NC(C)=O)[C@H]6O)O[C@H]5CO)[C@@H](NC(C)=O)[C@H]4O)O[C@H]3CO)OC(CO)[C@@H](O)[C@@H]2O)c1. The molecule has 36 heteroatoms. The summed E-state index contributed by atoms with van der Waals surface area (Å²) in [4.78, 5) is 64.9. The second-order valence-electron chi connectivity index (χ2n) is 24.5. The van der Waals surface area contributed by atoms with E-state index in [2.05, 4.69) is 45.3 Å². The van der Waals surface area contributed by atoms with Crippen molar-refractivity contribution in [3.63, 3.8) is 0 Å². The molecule has 19 N–H and O–H groups in total. The number of rotatable bonds is 28. The number of carbonyl (C=O) groups is 5. The number of hydrogen-bond acceptors (Lipinski definition) is 31. The Bertz CT molecular complexity index is 2760. The van der Waals surface area contributed by atoms with Crippen molar-refractivity contribution in [2.45, 2.75) is 264 Å². The van der Waals surface area contributed by atoms with Crippen molar-refractivity contribution in [3.8, 4) is 17.6 Å². The molecule has 6 aliphatic heterocycles. The molecule has 15 unspecified atom stereocenters. The average molecular weight is 1390 g/mol. The molecule has 6 fully saturated rings. The van der Waals surface area contributed by atoms with E-state index in [1.807, 2.05) is 0 Å². The highest BCUT2D eigenvalue weighted by molar-refractivity contribution is 5.94. The predicted molar refractivity (Wildman–Crippen MR) is 322 cm³/mol. The summed E-state index contributed by atoms with van der Waals surface area (Å²) in [7, 11) is 0. The van der Waals surface area contributed by atoms with Gasteiger partial charge in [0.05, 0.1) is 45.7 Å². The fourth-order valence-electron chi connectivity index (χ4n) is 12.1. The Morgan fingerprint density at radius 2 is 0.876 bits per heavy atom. The van der Waals surface area contributed by atoms with Gasteiger partial charge in [-0.2, -0.15) is 0 Å². The summed E-state index contributed by atoms with van der Waals surface area (Å²) in [5.74, 6) is 2.49. The van der Waals surface area contributed by atoms with E-state index in [0.717, 1.165) is 53.4 Å². The normalized spacial score (nSPS) is 39.9. The van der Waals surface area contributed by atoms with E-state index in [-0.39, 0.29) is 12.2 Å². The van der Waals surface area contributed by atoms with Crippen LogP contribution in [0.3, 0.4) is 0 Å². The molecule has 6 heterocycles. The summed E-state index contributed by atoms with van der Waals surface area (Å²) in [6.07, 6.45) is -39.8. The van der Waals surface area contributed by atoms with Crippen LogP contribution in [0, 0.1) is 11.8 Å². The van der Waals surface area contributed by atoms with Crippen LogP contribution in [0.5, 0.6) is 5.75 Å². The molecule has 0 spiro atoms. The molecule has 0 bridgehead atoms. The summed E-state index contributed by atoms with van der Waals surface area (Å²) in [6, 6.07) is -2.61. The van der Waals surface area contributed by atoms with Gasteiger partial charge in [0.2, 0.25) is 23.6 Å². The van der Waals surface area contributed by atoms with Gasteiger partial charge < -0.3 is 155 Å². The molecule has 0 saturated carbocycles. The van der Waals surface area contributed by atoms with Gasteiger partial charge in [0, 0.05) is 46.1 Å². The van der Waals surface area contributed by atoms with E-state index in [9.17, 15) is 95.5 Å². The first-order chi connectivity index (χ1) is 46.2. The number of aliphatic hydroxyl groups is 14. The fraction of sp³-hybridized carbons (Fsp3) is 0.787. The van der Waals surface area contributed by atoms with Gasteiger partial charge in [-0.15, -0.1) is 11.8 Å². The van der Waals surface area contributed by atoms with Crippen molar-refractivity contribution in [3.05, 3.63) is 29.8 Å². The average Bonchev–Trinajstić information content (AvgIpc) is 0.778. The molecule has 30 atom stereocenters. The van der Waals surface area contributed by atoms with Crippen LogP contribution >= 0.6 is 0 Å². The Kier molecular flexibility index (Phi) is 30.3. The van der Waals surface area contributed by atoms with Crippen LogP contribution in [0.4, 0.5) is 0 Å². The molecule has 6 aliphatic rings. The standard InChI is InChI=1S/C61H95N5O31/c1-7-8-9-10-11-12-13-14-18-86-31-17-15-16-30(19-31)55(84)66-38-44(77)43(76)32(20-67)90-57(38)94-51-33(21-68)91-58(39(46(51)79)63-27(4)72)95-52-34(22-69)92-59(40(47(52)80)64-28(5)73)96-53-35(23-70)93-60(41(48(53)81)65-29(6)74)97-54-36(89-56(85)37(45(54)78)62-26(3)71)24-87-61-50(83)49(82)42(75)25(2)88-61/h15-17,19,25,32-54,56-61,67-70,75-83,85H,7-10,13-14,18,20-24H2,1-6H3,(H,62,71)(H,63,72)(H,64,73)(H,65,74)(H,66,84)/t25?,32?,33-,34?,35-,36?,37-,38-,39?,40-,41?,42?,43+,44+,45+,46?,47+,48?,49-,50+,51+,52?,53+,54?,56+,57?,58?,59?,60?,61+/m0/s1. The van der Waals surface area contributed by atoms with Crippen LogP contribution in [-0.2, 0) is 71.3 Å². The van der Waals surface area contributed by atoms with Crippen molar-refractivity contribution in [1.82, 2.24) is 26.6 Å². The number of hydrogen-bond donors (Lipinski definition) is 19. The maximum atomic E-state index is 13.9. The number of ether oxygens (including phenoxy) is 12. The van der Waals surface area contributed by atoms with Gasteiger partial charge >= 0.3 is 0 Å². The van der Waals surface area contributed by atoms with Crippen molar-refractivity contribution in [2.24, 2.45) is 0 Å². The smallest absolute Gasteiger partial charge is 0.251 e. The first-order valence-corrected chi connectivity index (χ1v) is 32.1. The third kappa shape index (κ3) is 20.1. The van der Waals surface area contributed by atoms with Gasteiger partial charge in [-0.3, -0.25) is 24.0 Å². The Labute approximate surface area is 558 Å². The van der Waals surface area contributed by atoms with Crippen molar-refractivity contribution < 1.29 is 152 Å². The highest BCUT2D eigenvalue weighted by Crippen LogP contribution is 2.37. The molecule has 97 heavy (non-hydrogen) atoms. The lowest BCUT2D eigenvalue weighted by atomic mass is 9.93. The summed E-state index contributed by atoms with van der Waals surface area (Å²) >= 11 is 0.